The van der Waals surface area contributed by atoms with Crippen LogP contribution in [0.5, 0.6) is 5.75 Å². The number of nitrogens with zero attached hydrogens (tertiary/aromatic N) is 1. The zero-order valence-electron chi connectivity index (χ0n) is 16.2. The molecule has 1 heterocycles. The van der Waals surface area contributed by atoms with Gasteiger partial charge in [-0.25, -0.2) is 8.42 Å². The number of piperidine rings is 1. The molecule has 2 fully saturated rings. The van der Waals surface area contributed by atoms with Gasteiger partial charge in [0.05, 0.1) is 12.0 Å². The smallest absolute Gasteiger partial charge is 0.243 e. The number of carbonyl (C=O) groups excluding carboxylic acids is 1. The first kappa shape index (κ1) is 20.1. The minimum absolute atomic E-state index is 0.0928. The van der Waals surface area contributed by atoms with Gasteiger partial charge in [0, 0.05) is 25.0 Å². The number of rotatable bonds is 5. The Bertz CT molecular complexity index is 740. The Kier molecular flexibility index (Phi) is 6.42. The van der Waals surface area contributed by atoms with E-state index in [1.54, 1.807) is 31.4 Å². The van der Waals surface area contributed by atoms with Crippen LogP contribution in [0.3, 0.4) is 0 Å². The molecule has 150 valence electrons. The van der Waals surface area contributed by atoms with Crippen molar-refractivity contribution < 1.29 is 17.9 Å². The summed E-state index contributed by atoms with van der Waals surface area (Å²) in [7, 11) is -1.98. The Labute approximate surface area is 162 Å². The molecule has 0 spiro atoms. The van der Waals surface area contributed by atoms with Crippen molar-refractivity contribution in [3.8, 4) is 5.75 Å². The third kappa shape index (κ3) is 4.63. The highest BCUT2D eigenvalue weighted by Gasteiger charge is 2.33. The van der Waals surface area contributed by atoms with Gasteiger partial charge in [-0.2, -0.15) is 4.31 Å². The molecule has 1 aromatic rings. The SMILES string of the molecule is COc1ccc(S(=O)(=O)N2CCC(C(=O)N[C@@H]3CCCC[C@H]3C)CC2)cc1. The van der Waals surface area contributed by atoms with Gasteiger partial charge >= 0.3 is 0 Å². The predicted molar refractivity (Wildman–Crippen MR) is 104 cm³/mol. The first-order chi connectivity index (χ1) is 12.9. The van der Waals surface area contributed by atoms with E-state index in [9.17, 15) is 13.2 Å². The molecule has 0 aromatic heterocycles. The molecule has 1 N–H and O–H groups in total. The standard InChI is InChI=1S/C20H30N2O4S/c1-15-5-3-4-6-19(15)21-20(23)16-11-13-22(14-12-16)27(24,25)18-9-7-17(26-2)8-10-18/h7-10,15-16,19H,3-6,11-14H2,1-2H3,(H,21,23)/t15-,19-/m1/s1. The maximum absolute atomic E-state index is 12.8. The molecule has 2 aliphatic rings. The zero-order chi connectivity index (χ0) is 19.4. The molecule has 1 saturated carbocycles. The summed E-state index contributed by atoms with van der Waals surface area (Å²) in [6.45, 7) is 2.97. The fourth-order valence-corrected chi connectivity index (χ4v) is 5.56. The van der Waals surface area contributed by atoms with Crippen molar-refractivity contribution in [3.63, 3.8) is 0 Å². The number of carbonyl (C=O) groups is 1. The second kappa shape index (κ2) is 8.61. The number of sulfonamides is 1. The van der Waals surface area contributed by atoms with Crippen LogP contribution in [0.1, 0.15) is 45.4 Å². The van der Waals surface area contributed by atoms with Gasteiger partial charge in [-0.3, -0.25) is 4.79 Å². The molecule has 0 bridgehead atoms. The molecule has 1 saturated heterocycles. The van der Waals surface area contributed by atoms with Crippen LogP contribution >= 0.6 is 0 Å². The van der Waals surface area contributed by atoms with E-state index in [1.165, 1.54) is 23.6 Å². The first-order valence-corrected chi connectivity index (χ1v) is 11.3. The molecule has 3 rings (SSSR count). The van der Waals surface area contributed by atoms with Gasteiger partial charge in [0.1, 0.15) is 5.75 Å². The molecule has 0 unspecified atom stereocenters. The van der Waals surface area contributed by atoms with Crippen LogP contribution in [0.2, 0.25) is 0 Å². The number of hydrogen-bond acceptors (Lipinski definition) is 4. The molecule has 1 aliphatic carbocycles. The molecule has 1 aliphatic heterocycles. The van der Waals surface area contributed by atoms with E-state index in [0.29, 0.717) is 37.6 Å². The summed E-state index contributed by atoms with van der Waals surface area (Å²) in [6, 6.07) is 6.71. The van der Waals surface area contributed by atoms with E-state index in [1.807, 2.05) is 0 Å². The van der Waals surface area contributed by atoms with Gasteiger partial charge in [-0.1, -0.05) is 19.8 Å². The lowest BCUT2D eigenvalue weighted by molar-refractivity contribution is -0.127. The number of nitrogens with one attached hydrogen (secondary N) is 1. The highest BCUT2D eigenvalue weighted by Crippen LogP contribution is 2.27. The number of benzene rings is 1. The van der Waals surface area contributed by atoms with Crippen LogP contribution in [0.25, 0.3) is 0 Å². The average molecular weight is 395 g/mol. The molecule has 2 atom stereocenters. The molecule has 7 heteroatoms. The normalized spacial score (nSPS) is 25.1. The quantitative estimate of drug-likeness (QED) is 0.833. The molecule has 27 heavy (non-hydrogen) atoms. The van der Waals surface area contributed by atoms with Crippen molar-refractivity contribution in [2.75, 3.05) is 20.2 Å². The third-order valence-electron chi connectivity index (χ3n) is 5.96. The van der Waals surface area contributed by atoms with E-state index in [4.69, 9.17) is 4.74 Å². The molecule has 6 nitrogen and oxygen atoms in total. The molecular formula is C20H30N2O4S. The summed E-state index contributed by atoms with van der Waals surface area (Å²) in [4.78, 5) is 12.9. The largest absolute Gasteiger partial charge is 0.497 e. The Morgan fingerprint density at radius 3 is 2.30 bits per heavy atom. The summed E-state index contributed by atoms with van der Waals surface area (Å²) in [5.74, 6) is 1.15. The summed E-state index contributed by atoms with van der Waals surface area (Å²) < 4.78 is 32.2. The summed E-state index contributed by atoms with van der Waals surface area (Å²) >= 11 is 0. The molecular weight excluding hydrogens is 364 g/mol. The lowest BCUT2D eigenvalue weighted by Crippen LogP contribution is -2.47. The van der Waals surface area contributed by atoms with E-state index in [2.05, 4.69) is 12.2 Å². The van der Waals surface area contributed by atoms with E-state index in [0.717, 1.165) is 6.42 Å². The van der Waals surface area contributed by atoms with Crippen LogP contribution in [0, 0.1) is 11.8 Å². The van der Waals surface area contributed by atoms with Gasteiger partial charge in [0.25, 0.3) is 0 Å². The predicted octanol–water partition coefficient (Wildman–Crippen LogP) is 2.79. The highest BCUT2D eigenvalue weighted by molar-refractivity contribution is 7.89. The number of methoxy groups -OCH3 is 1. The molecule has 1 aromatic carbocycles. The monoisotopic (exact) mass is 394 g/mol. The van der Waals surface area contributed by atoms with Crippen molar-refractivity contribution in [3.05, 3.63) is 24.3 Å². The average Bonchev–Trinajstić information content (AvgIpc) is 2.70. The Balaban J connectivity index is 1.56. The minimum atomic E-state index is -3.53. The van der Waals surface area contributed by atoms with Gasteiger partial charge in [-0.15, -0.1) is 0 Å². The number of ether oxygens (including phenoxy) is 1. The Hall–Kier alpha value is -1.60. The number of amides is 1. The van der Waals surface area contributed by atoms with Crippen molar-refractivity contribution in [1.82, 2.24) is 9.62 Å². The van der Waals surface area contributed by atoms with Crippen LogP contribution in [-0.4, -0.2) is 44.9 Å². The highest BCUT2D eigenvalue weighted by atomic mass is 32.2. The first-order valence-electron chi connectivity index (χ1n) is 9.86. The Morgan fingerprint density at radius 2 is 1.70 bits per heavy atom. The van der Waals surface area contributed by atoms with Crippen molar-refractivity contribution in [1.29, 1.82) is 0 Å². The maximum Gasteiger partial charge on any atom is 0.243 e. The minimum Gasteiger partial charge on any atom is -0.497 e. The van der Waals surface area contributed by atoms with Crippen molar-refractivity contribution in [2.45, 2.75) is 56.4 Å². The lowest BCUT2D eigenvalue weighted by Gasteiger charge is -2.34. The second-order valence-corrected chi connectivity index (χ2v) is 9.67. The lowest BCUT2D eigenvalue weighted by atomic mass is 9.85. The van der Waals surface area contributed by atoms with Gasteiger partial charge in [0.15, 0.2) is 0 Å². The van der Waals surface area contributed by atoms with Crippen molar-refractivity contribution in [2.24, 2.45) is 11.8 Å². The van der Waals surface area contributed by atoms with E-state index < -0.39 is 10.0 Å². The van der Waals surface area contributed by atoms with Gasteiger partial charge in [0.2, 0.25) is 15.9 Å². The van der Waals surface area contributed by atoms with Gasteiger partial charge in [-0.05, 0) is 55.9 Å². The summed E-state index contributed by atoms with van der Waals surface area (Å²) in [5, 5.41) is 3.22. The second-order valence-electron chi connectivity index (χ2n) is 7.73. The molecule has 1 amide bonds. The zero-order valence-corrected chi connectivity index (χ0v) is 17.0. The van der Waals surface area contributed by atoms with Gasteiger partial charge < -0.3 is 10.1 Å². The fourth-order valence-electron chi connectivity index (χ4n) is 4.09. The van der Waals surface area contributed by atoms with Crippen LogP contribution in [0.15, 0.2) is 29.2 Å². The third-order valence-corrected chi connectivity index (χ3v) is 7.87. The summed E-state index contributed by atoms with van der Waals surface area (Å²) in [5.41, 5.74) is 0. The van der Waals surface area contributed by atoms with Crippen LogP contribution < -0.4 is 10.1 Å². The molecule has 0 radical (unpaired) electrons. The van der Waals surface area contributed by atoms with E-state index >= 15 is 0 Å². The Morgan fingerprint density at radius 1 is 1.07 bits per heavy atom. The van der Waals surface area contributed by atoms with Crippen LogP contribution in [0.4, 0.5) is 0 Å². The summed E-state index contributed by atoms with van der Waals surface area (Å²) in [6.07, 6.45) is 5.79. The van der Waals surface area contributed by atoms with Crippen LogP contribution in [-0.2, 0) is 14.8 Å². The van der Waals surface area contributed by atoms with Crippen molar-refractivity contribution >= 4 is 15.9 Å². The maximum atomic E-state index is 12.8. The number of hydrogen-bond donors (Lipinski definition) is 1. The fraction of sp³-hybridized carbons (Fsp3) is 0.650. The topological polar surface area (TPSA) is 75.7 Å². The van der Waals surface area contributed by atoms with E-state index in [-0.39, 0.29) is 22.8 Å².